The van der Waals surface area contributed by atoms with Crippen LogP contribution in [0, 0.1) is 5.82 Å². The van der Waals surface area contributed by atoms with Crippen LogP contribution in [-0.2, 0) is 27.4 Å². The maximum absolute atomic E-state index is 14.4. The zero-order valence-corrected chi connectivity index (χ0v) is 20.2. The summed E-state index contributed by atoms with van der Waals surface area (Å²) in [6.07, 6.45) is 0. The van der Waals surface area contributed by atoms with Crippen molar-refractivity contribution < 1.29 is 18.7 Å². The molecule has 1 N–H and O–H groups in total. The van der Waals surface area contributed by atoms with E-state index in [9.17, 15) is 14.0 Å². The summed E-state index contributed by atoms with van der Waals surface area (Å²) < 4.78 is 21.3. The van der Waals surface area contributed by atoms with Crippen LogP contribution < -0.4 is 10.2 Å². The third-order valence-corrected chi connectivity index (χ3v) is 6.24. The summed E-state index contributed by atoms with van der Waals surface area (Å²) in [5, 5.41) is 11.0. The van der Waals surface area contributed by atoms with Gasteiger partial charge in [0.05, 0.1) is 18.7 Å². The summed E-state index contributed by atoms with van der Waals surface area (Å²) in [7, 11) is 0. The highest BCUT2D eigenvalue weighted by Crippen LogP contribution is 2.19. The number of carbonyl (C=O) groups excluding carboxylic acids is 2. The number of benzene rings is 3. The highest BCUT2D eigenvalue weighted by Gasteiger charge is 2.21. The lowest BCUT2D eigenvalue weighted by Crippen LogP contribution is -2.39. The van der Waals surface area contributed by atoms with Crippen molar-refractivity contribution >= 4 is 34.2 Å². The number of para-hydroxylation sites is 1. The zero-order chi connectivity index (χ0) is 25.6. The SMILES string of the molecule is O=C(CN(Cc1ccccc1F)C(=O)Cn1nnc2ccccc21)Nc1ccc(N2CCOCC2)cc1. The molecule has 1 saturated heterocycles. The number of hydrogen-bond donors (Lipinski definition) is 1. The van der Waals surface area contributed by atoms with Gasteiger partial charge in [0.1, 0.15) is 24.4 Å². The van der Waals surface area contributed by atoms with Gasteiger partial charge in [0, 0.05) is 36.6 Å². The number of halogens is 1. The fourth-order valence-corrected chi connectivity index (χ4v) is 4.28. The lowest BCUT2D eigenvalue weighted by molar-refractivity contribution is -0.136. The molecule has 2 heterocycles. The summed E-state index contributed by atoms with van der Waals surface area (Å²) in [6, 6.07) is 21.0. The highest BCUT2D eigenvalue weighted by molar-refractivity contribution is 5.94. The van der Waals surface area contributed by atoms with E-state index >= 15 is 0 Å². The number of amides is 2. The first-order valence-electron chi connectivity index (χ1n) is 12.1. The molecule has 5 rings (SSSR count). The first kappa shape index (κ1) is 24.4. The van der Waals surface area contributed by atoms with E-state index in [4.69, 9.17) is 4.74 Å². The normalized spacial score (nSPS) is 13.5. The number of anilines is 2. The summed E-state index contributed by atoms with van der Waals surface area (Å²) in [6.45, 7) is 2.59. The third kappa shape index (κ3) is 5.92. The van der Waals surface area contributed by atoms with Gasteiger partial charge in [-0.2, -0.15) is 0 Å². The second-order valence-electron chi connectivity index (χ2n) is 8.77. The molecule has 1 aliphatic rings. The largest absolute Gasteiger partial charge is 0.378 e. The number of ether oxygens (including phenoxy) is 1. The van der Waals surface area contributed by atoms with Crippen molar-refractivity contribution in [1.29, 1.82) is 0 Å². The van der Waals surface area contributed by atoms with Crippen LogP contribution in [0.25, 0.3) is 11.0 Å². The molecule has 9 nitrogen and oxygen atoms in total. The average molecular weight is 503 g/mol. The smallest absolute Gasteiger partial charge is 0.245 e. The molecule has 4 aromatic rings. The lowest BCUT2D eigenvalue weighted by atomic mass is 10.2. The van der Waals surface area contributed by atoms with E-state index in [0.29, 0.717) is 35.5 Å². The van der Waals surface area contributed by atoms with Gasteiger partial charge in [-0.3, -0.25) is 9.59 Å². The maximum Gasteiger partial charge on any atom is 0.245 e. The van der Waals surface area contributed by atoms with Crippen molar-refractivity contribution in [3.63, 3.8) is 0 Å². The van der Waals surface area contributed by atoms with Gasteiger partial charge in [-0.1, -0.05) is 35.5 Å². The third-order valence-electron chi connectivity index (χ3n) is 6.24. The Labute approximate surface area is 213 Å². The van der Waals surface area contributed by atoms with Gasteiger partial charge in [0.25, 0.3) is 0 Å². The average Bonchev–Trinajstić information content (AvgIpc) is 3.33. The van der Waals surface area contributed by atoms with Gasteiger partial charge < -0.3 is 19.9 Å². The molecule has 0 bridgehead atoms. The van der Waals surface area contributed by atoms with Crippen LogP contribution in [0.4, 0.5) is 15.8 Å². The Bertz CT molecular complexity index is 1380. The second-order valence-corrected chi connectivity index (χ2v) is 8.77. The van der Waals surface area contributed by atoms with Gasteiger partial charge in [0.2, 0.25) is 11.8 Å². The monoisotopic (exact) mass is 502 g/mol. The van der Waals surface area contributed by atoms with E-state index in [1.54, 1.807) is 24.3 Å². The lowest BCUT2D eigenvalue weighted by Gasteiger charge is -2.29. The summed E-state index contributed by atoms with van der Waals surface area (Å²) in [5.74, 6) is -1.20. The number of aromatic nitrogens is 3. The van der Waals surface area contributed by atoms with Crippen LogP contribution in [0.1, 0.15) is 5.56 Å². The number of morpholine rings is 1. The van der Waals surface area contributed by atoms with Crippen molar-refractivity contribution in [3.8, 4) is 0 Å². The van der Waals surface area contributed by atoms with Crippen molar-refractivity contribution in [1.82, 2.24) is 19.9 Å². The fraction of sp³-hybridized carbons (Fsp3) is 0.259. The van der Waals surface area contributed by atoms with Crippen LogP contribution in [0.2, 0.25) is 0 Å². The minimum Gasteiger partial charge on any atom is -0.378 e. The van der Waals surface area contributed by atoms with Gasteiger partial charge >= 0.3 is 0 Å². The van der Waals surface area contributed by atoms with E-state index in [-0.39, 0.29) is 31.4 Å². The summed E-state index contributed by atoms with van der Waals surface area (Å²) in [5.41, 5.74) is 3.35. The van der Waals surface area contributed by atoms with Gasteiger partial charge in [-0.15, -0.1) is 5.10 Å². The Morgan fingerprint density at radius 1 is 0.973 bits per heavy atom. The quantitative estimate of drug-likeness (QED) is 0.398. The molecule has 1 fully saturated rings. The van der Waals surface area contributed by atoms with Crippen molar-refractivity contribution in [2.24, 2.45) is 0 Å². The number of nitrogens with zero attached hydrogens (tertiary/aromatic N) is 5. The number of rotatable bonds is 8. The van der Waals surface area contributed by atoms with Crippen LogP contribution in [0.3, 0.4) is 0 Å². The second kappa shape index (κ2) is 11.2. The molecule has 37 heavy (non-hydrogen) atoms. The van der Waals surface area contributed by atoms with Gasteiger partial charge in [-0.05, 0) is 42.5 Å². The molecule has 0 aliphatic carbocycles. The molecule has 1 aromatic heterocycles. The van der Waals surface area contributed by atoms with Crippen LogP contribution in [0.15, 0.2) is 72.8 Å². The minimum absolute atomic E-state index is 0.0540. The standard InChI is InChI=1S/C27H27FN6O3/c28-23-6-2-1-5-20(23)17-33(27(36)19-34-25-8-4-3-7-24(25)30-31-34)18-26(35)29-21-9-11-22(12-10-21)32-13-15-37-16-14-32/h1-12H,13-19H2,(H,29,35). The molecule has 2 amide bonds. The molecule has 10 heteroatoms. The molecule has 0 radical (unpaired) electrons. The molecule has 190 valence electrons. The van der Waals surface area contributed by atoms with Crippen LogP contribution >= 0.6 is 0 Å². The molecule has 3 aromatic carbocycles. The van der Waals surface area contributed by atoms with Crippen molar-refractivity contribution in [3.05, 3.63) is 84.2 Å². The molecule has 0 unspecified atom stereocenters. The van der Waals surface area contributed by atoms with Crippen LogP contribution in [-0.4, -0.2) is 64.6 Å². The number of fused-ring (bicyclic) bond motifs is 1. The Kier molecular flexibility index (Phi) is 7.36. The van der Waals surface area contributed by atoms with E-state index in [1.807, 2.05) is 42.5 Å². The first-order valence-corrected chi connectivity index (χ1v) is 12.1. The molecular weight excluding hydrogens is 475 g/mol. The highest BCUT2D eigenvalue weighted by atomic mass is 19.1. The predicted molar refractivity (Wildman–Crippen MR) is 137 cm³/mol. The molecular formula is C27H27FN6O3. The zero-order valence-electron chi connectivity index (χ0n) is 20.2. The van der Waals surface area contributed by atoms with E-state index in [2.05, 4.69) is 20.5 Å². The number of hydrogen-bond acceptors (Lipinski definition) is 6. The maximum atomic E-state index is 14.4. The predicted octanol–water partition coefficient (Wildman–Crippen LogP) is 3.07. The first-order chi connectivity index (χ1) is 18.1. The van der Waals surface area contributed by atoms with Crippen LogP contribution in [0.5, 0.6) is 0 Å². The Balaban J connectivity index is 1.29. The Morgan fingerprint density at radius 2 is 1.70 bits per heavy atom. The fourth-order valence-electron chi connectivity index (χ4n) is 4.28. The van der Waals surface area contributed by atoms with Crippen molar-refractivity contribution in [2.75, 3.05) is 43.1 Å². The Hall–Kier alpha value is -4.31. The van der Waals surface area contributed by atoms with Gasteiger partial charge in [0.15, 0.2) is 0 Å². The Morgan fingerprint density at radius 3 is 2.49 bits per heavy atom. The summed E-state index contributed by atoms with van der Waals surface area (Å²) in [4.78, 5) is 29.8. The number of nitrogens with one attached hydrogen (secondary N) is 1. The molecule has 0 saturated carbocycles. The molecule has 0 spiro atoms. The van der Waals surface area contributed by atoms with Crippen molar-refractivity contribution in [2.45, 2.75) is 13.1 Å². The van der Waals surface area contributed by atoms with E-state index < -0.39 is 5.82 Å². The number of carbonyl (C=O) groups is 2. The summed E-state index contributed by atoms with van der Waals surface area (Å²) >= 11 is 0. The molecule has 0 atom stereocenters. The van der Waals surface area contributed by atoms with E-state index in [1.165, 1.54) is 15.6 Å². The molecule has 1 aliphatic heterocycles. The van der Waals surface area contributed by atoms with E-state index in [0.717, 1.165) is 18.8 Å². The minimum atomic E-state index is -0.439. The van der Waals surface area contributed by atoms with Gasteiger partial charge in [-0.25, -0.2) is 9.07 Å². The topological polar surface area (TPSA) is 92.6 Å².